The van der Waals surface area contributed by atoms with Gasteiger partial charge in [-0.15, -0.1) is 0 Å². The Morgan fingerprint density at radius 3 is 2.48 bits per heavy atom. The van der Waals surface area contributed by atoms with Crippen molar-refractivity contribution in [2.24, 2.45) is 0 Å². The number of Topliss-reactive ketones (excluding diaryl/α,β-unsaturated/α-hetero) is 1. The maximum absolute atomic E-state index is 13.8. The molecule has 0 heterocycles. The van der Waals surface area contributed by atoms with Crippen LogP contribution in [0.4, 0.5) is 14.5 Å². The lowest BCUT2D eigenvalue weighted by Crippen LogP contribution is -2.43. The fraction of sp³-hybridized carbons (Fsp3) is 0.357. The number of rotatable bonds is 2. The first-order chi connectivity index (χ1) is 9.81. The fourth-order valence-corrected chi connectivity index (χ4v) is 2.46. The SMILES string of the molecule is CC(=O)Nc1cc(F)c(F)c2c1C(=O)C(NC(C)=O)CC2. The number of nitrogens with one attached hydrogen (secondary N) is 2. The molecule has 1 atom stereocenters. The Hall–Kier alpha value is -2.31. The summed E-state index contributed by atoms with van der Waals surface area (Å²) in [7, 11) is 0. The van der Waals surface area contributed by atoms with Crippen LogP contribution in [-0.4, -0.2) is 23.6 Å². The molecule has 7 heteroatoms. The predicted molar refractivity (Wildman–Crippen MR) is 70.9 cm³/mol. The third kappa shape index (κ3) is 2.91. The van der Waals surface area contributed by atoms with E-state index in [-0.39, 0.29) is 35.6 Å². The van der Waals surface area contributed by atoms with Gasteiger partial charge in [0.1, 0.15) is 0 Å². The first kappa shape index (κ1) is 15.1. The van der Waals surface area contributed by atoms with Crippen molar-refractivity contribution in [2.45, 2.75) is 32.7 Å². The summed E-state index contributed by atoms with van der Waals surface area (Å²) >= 11 is 0. The molecule has 112 valence electrons. The Bertz CT molecular complexity index is 644. The molecule has 0 saturated heterocycles. The second-order valence-corrected chi connectivity index (χ2v) is 4.91. The summed E-state index contributed by atoms with van der Waals surface area (Å²) in [4.78, 5) is 34.6. The maximum atomic E-state index is 13.8. The second kappa shape index (κ2) is 5.59. The summed E-state index contributed by atoms with van der Waals surface area (Å²) in [5.41, 5.74) is -0.212. The van der Waals surface area contributed by atoms with E-state index in [0.29, 0.717) is 0 Å². The number of carbonyl (C=O) groups excluding carboxylic acids is 3. The van der Waals surface area contributed by atoms with Gasteiger partial charge in [-0.05, 0) is 12.8 Å². The first-order valence-corrected chi connectivity index (χ1v) is 6.41. The van der Waals surface area contributed by atoms with Crippen molar-refractivity contribution in [1.82, 2.24) is 5.32 Å². The maximum Gasteiger partial charge on any atom is 0.221 e. The number of hydrogen-bond donors (Lipinski definition) is 2. The van der Waals surface area contributed by atoms with Crippen LogP contribution >= 0.6 is 0 Å². The lowest BCUT2D eigenvalue weighted by molar-refractivity contribution is -0.119. The molecular formula is C14H14F2N2O3. The van der Waals surface area contributed by atoms with Gasteiger partial charge in [-0.1, -0.05) is 0 Å². The zero-order valence-electron chi connectivity index (χ0n) is 11.5. The number of amides is 2. The lowest BCUT2D eigenvalue weighted by Gasteiger charge is -2.26. The van der Waals surface area contributed by atoms with Crippen LogP contribution < -0.4 is 10.6 Å². The molecule has 0 saturated carbocycles. The fourth-order valence-electron chi connectivity index (χ4n) is 2.46. The van der Waals surface area contributed by atoms with Gasteiger partial charge >= 0.3 is 0 Å². The smallest absolute Gasteiger partial charge is 0.221 e. The van der Waals surface area contributed by atoms with E-state index < -0.39 is 29.4 Å². The highest BCUT2D eigenvalue weighted by molar-refractivity contribution is 6.10. The standard InChI is InChI=1S/C14H14F2N2O3/c1-6(19)17-10-4-3-8-12(14(10)21)11(18-7(2)20)5-9(15)13(8)16/h5,10H,3-4H2,1-2H3,(H,17,19)(H,18,20). The zero-order chi connectivity index (χ0) is 15.7. The first-order valence-electron chi connectivity index (χ1n) is 6.41. The number of hydrogen-bond acceptors (Lipinski definition) is 3. The van der Waals surface area contributed by atoms with E-state index in [0.717, 1.165) is 6.07 Å². The Morgan fingerprint density at radius 2 is 1.90 bits per heavy atom. The highest BCUT2D eigenvalue weighted by Gasteiger charge is 2.33. The van der Waals surface area contributed by atoms with Gasteiger partial charge in [0.2, 0.25) is 11.8 Å². The number of ketones is 1. The van der Waals surface area contributed by atoms with Crippen LogP contribution in [0.1, 0.15) is 36.2 Å². The van der Waals surface area contributed by atoms with Crippen molar-refractivity contribution in [3.63, 3.8) is 0 Å². The molecule has 21 heavy (non-hydrogen) atoms. The van der Waals surface area contributed by atoms with Gasteiger partial charge in [0.15, 0.2) is 17.4 Å². The van der Waals surface area contributed by atoms with E-state index in [9.17, 15) is 23.2 Å². The largest absolute Gasteiger partial charge is 0.346 e. The molecule has 0 radical (unpaired) electrons. The topological polar surface area (TPSA) is 75.3 Å². The minimum absolute atomic E-state index is 0.0645. The van der Waals surface area contributed by atoms with Crippen LogP contribution in [0.25, 0.3) is 0 Å². The third-order valence-corrected chi connectivity index (χ3v) is 3.25. The van der Waals surface area contributed by atoms with Crippen molar-refractivity contribution >= 4 is 23.3 Å². The molecule has 0 aliphatic heterocycles. The van der Waals surface area contributed by atoms with Crippen molar-refractivity contribution in [3.8, 4) is 0 Å². The van der Waals surface area contributed by atoms with Crippen LogP contribution in [0.3, 0.4) is 0 Å². The molecule has 1 aromatic rings. The van der Waals surface area contributed by atoms with E-state index in [1.165, 1.54) is 13.8 Å². The summed E-state index contributed by atoms with van der Waals surface area (Å²) in [5.74, 6) is -3.63. The van der Waals surface area contributed by atoms with E-state index in [4.69, 9.17) is 0 Å². The average molecular weight is 296 g/mol. The number of fused-ring (bicyclic) bond motifs is 1. The minimum Gasteiger partial charge on any atom is -0.346 e. The van der Waals surface area contributed by atoms with Crippen LogP contribution in [0.2, 0.25) is 0 Å². The molecule has 1 aromatic carbocycles. The molecule has 0 aromatic heterocycles. The van der Waals surface area contributed by atoms with Gasteiger partial charge in [-0.25, -0.2) is 8.78 Å². The molecule has 1 unspecified atom stereocenters. The number of benzene rings is 1. The highest BCUT2D eigenvalue weighted by Crippen LogP contribution is 2.32. The predicted octanol–water partition coefficient (Wildman–Crippen LogP) is 1.56. The van der Waals surface area contributed by atoms with Crippen molar-refractivity contribution in [3.05, 3.63) is 28.8 Å². The van der Waals surface area contributed by atoms with Crippen LogP contribution in [-0.2, 0) is 16.0 Å². The van der Waals surface area contributed by atoms with Crippen molar-refractivity contribution in [2.75, 3.05) is 5.32 Å². The monoisotopic (exact) mass is 296 g/mol. The summed E-state index contributed by atoms with van der Waals surface area (Å²) in [6.07, 6.45) is 0.285. The number of carbonyl (C=O) groups is 3. The van der Waals surface area contributed by atoms with Crippen LogP contribution in [0, 0.1) is 11.6 Å². The third-order valence-electron chi connectivity index (χ3n) is 3.25. The second-order valence-electron chi connectivity index (χ2n) is 4.91. The molecule has 2 rings (SSSR count). The van der Waals surface area contributed by atoms with Crippen molar-refractivity contribution < 1.29 is 23.2 Å². The molecular weight excluding hydrogens is 282 g/mol. The quantitative estimate of drug-likeness (QED) is 0.869. The molecule has 2 amide bonds. The van der Waals surface area contributed by atoms with Gasteiger partial charge < -0.3 is 10.6 Å². The van der Waals surface area contributed by atoms with Gasteiger partial charge in [-0.3, -0.25) is 14.4 Å². The minimum atomic E-state index is -1.12. The van der Waals surface area contributed by atoms with E-state index in [1.807, 2.05) is 0 Å². The average Bonchev–Trinajstić information content (AvgIpc) is 2.37. The summed E-state index contributed by atoms with van der Waals surface area (Å²) in [5, 5.41) is 4.80. The van der Waals surface area contributed by atoms with Gasteiger partial charge in [0.05, 0.1) is 11.7 Å². The molecule has 0 bridgehead atoms. The number of anilines is 1. The van der Waals surface area contributed by atoms with E-state index >= 15 is 0 Å². The zero-order valence-corrected chi connectivity index (χ0v) is 11.5. The Labute approximate surface area is 119 Å². The molecule has 5 nitrogen and oxygen atoms in total. The van der Waals surface area contributed by atoms with Gasteiger partial charge in [0.25, 0.3) is 0 Å². The van der Waals surface area contributed by atoms with E-state index in [1.54, 1.807) is 0 Å². The van der Waals surface area contributed by atoms with Crippen molar-refractivity contribution in [1.29, 1.82) is 0 Å². The van der Waals surface area contributed by atoms with Crippen LogP contribution in [0.15, 0.2) is 6.07 Å². The molecule has 2 N–H and O–H groups in total. The lowest BCUT2D eigenvalue weighted by atomic mass is 9.85. The Kier molecular flexibility index (Phi) is 4.02. The molecule has 1 aliphatic carbocycles. The molecule has 0 spiro atoms. The Morgan fingerprint density at radius 1 is 1.24 bits per heavy atom. The highest BCUT2D eigenvalue weighted by atomic mass is 19.2. The molecule has 0 fully saturated rings. The number of halogens is 2. The van der Waals surface area contributed by atoms with Gasteiger partial charge in [-0.2, -0.15) is 0 Å². The summed E-state index contributed by atoms with van der Waals surface area (Å²) < 4.78 is 27.4. The van der Waals surface area contributed by atoms with E-state index in [2.05, 4.69) is 10.6 Å². The normalized spacial score (nSPS) is 17.1. The summed E-state index contributed by atoms with van der Waals surface area (Å²) in [6.45, 7) is 2.47. The van der Waals surface area contributed by atoms with Gasteiger partial charge in [0, 0.05) is 31.0 Å². The van der Waals surface area contributed by atoms with Crippen LogP contribution in [0.5, 0.6) is 0 Å². The Balaban J connectivity index is 2.53. The molecule has 1 aliphatic rings. The summed E-state index contributed by atoms with van der Waals surface area (Å²) in [6, 6.07) is -0.0174.